The Labute approximate surface area is 210 Å². The smallest absolute Gasteiger partial charge is 0.264 e. The Morgan fingerprint density at radius 2 is 1.85 bits per heavy atom. The maximum Gasteiger partial charge on any atom is 0.264 e. The highest BCUT2D eigenvalue weighted by Gasteiger charge is 2.24. The van der Waals surface area contributed by atoms with Gasteiger partial charge in [0.05, 0.1) is 21.6 Å². The van der Waals surface area contributed by atoms with Crippen LogP contribution in [0.3, 0.4) is 0 Å². The lowest BCUT2D eigenvalue weighted by Gasteiger charge is -2.13. The van der Waals surface area contributed by atoms with Crippen LogP contribution in [0.4, 0.5) is 10.1 Å². The van der Waals surface area contributed by atoms with E-state index in [2.05, 4.69) is 10.3 Å². The zero-order chi connectivity index (χ0) is 24.1. The van der Waals surface area contributed by atoms with Gasteiger partial charge in [-0.05, 0) is 72.3 Å². The maximum atomic E-state index is 13.9. The molecule has 3 aromatic rings. The van der Waals surface area contributed by atoms with Crippen molar-refractivity contribution in [1.82, 2.24) is 5.32 Å². The number of rotatable bonds is 7. The number of aliphatic imine (C=N–C) groups is 1. The molecule has 0 aliphatic carbocycles. The van der Waals surface area contributed by atoms with Gasteiger partial charge in [0.2, 0.25) is 0 Å². The lowest BCUT2D eigenvalue weighted by atomic mass is 10.2. The molecule has 0 atom stereocenters. The zero-order valence-corrected chi connectivity index (χ0v) is 20.3. The molecular formula is C25H19Cl2FN2O3S. The summed E-state index contributed by atoms with van der Waals surface area (Å²) in [6.07, 6.45) is 1.72. The Kier molecular flexibility index (Phi) is 7.77. The molecule has 4 rings (SSSR count). The van der Waals surface area contributed by atoms with Crippen LogP contribution in [0.2, 0.25) is 10.0 Å². The number of carbonyl (C=O) groups excluding carboxylic acids is 1. The number of benzene rings is 3. The first-order valence-electron chi connectivity index (χ1n) is 10.3. The summed E-state index contributed by atoms with van der Waals surface area (Å²) < 4.78 is 25.5. The predicted octanol–water partition coefficient (Wildman–Crippen LogP) is 7.00. The number of ether oxygens (including phenoxy) is 2. The van der Waals surface area contributed by atoms with Crippen LogP contribution in [-0.4, -0.2) is 17.7 Å². The van der Waals surface area contributed by atoms with E-state index in [4.69, 9.17) is 32.7 Å². The highest BCUT2D eigenvalue weighted by molar-refractivity contribution is 8.18. The van der Waals surface area contributed by atoms with Gasteiger partial charge in [-0.2, -0.15) is 0 Å². The third kappa shape index (κ3) is 5.91. The molecule has 0 radical (unpaired) electrons. The van der Waals surface area contributed by atoms with Gasteiger partial charge in [-0.1, -0.05) is 47.5 Å². The van der Waals surface area contributed by atoms with E-state index in [1.165, 1.54) is 6.07 Å². The minimum Gasteiger partial charge on any atom is -0.490 e. The van der Waals surface area contributed by atoms with Crippen LogP contribution in [0.15, 0.2) is 70.6 Å². The molecule has 0 aromatic heterocycles. The first kappa shape index (κ1) is 24.1. The van der Waals surface area contributed by atoms with Gasteiger partial charge < -0.3 is 14.8 Å². The number of amidine groups is 1. The summed E-state index contributed by atoms with van der Waals surface area (Å²) in [5, 5.41) is 3.91. The molecule has 0 bridgehead atoms. The number of amides is 1. The fourth-order valence-electron chi connectivity index (χ4n) is 3.08. The first-order chi connectivity index (χ1) is 16.4. The van der Waals surface area contributed by atoms with Crippen LogP contribution in [0.5, 0.6) is 11.5 Å². The fraction of sp³-hybridized carbons (Fsp3) is 0.120. The Morgan fingerprint density at radius 1 is 1.03 bits per heavy atom. The molecule has 34 heavy (non-hydrogen) atoms. The Balaban J connectivity index is 1.51. The van der Waals surface area contributed by atoms with E-state index >= 15 is 0 Å². The monoisotopic (exact) mass is 516 g/mol. The Bertz CT molecular complexity index is 1300. The summed E-state index contributed by atoms with van der Waals surface area (Å²) in [4.78, 5) is 17.0. The number of nitrogens with one attached hydrogen (secondary N) is 1. The first-order valence-corrected chi connectivity index (χ1v) is 11.9. The number of hydrogen-bond acceptors (Lipinski definition) is 5. The number of nitrogens with zero attached hydrogens (tertiary/aromatic N) is 1. The molecule has 9 heteroatoms. The Hall–Kier alpha value is -3.00. The van der Waals surface area contributed by atoms with Gasteiger partial charge >= 0.3 is 0 Å². The van der Waals surface area contributed by atoms with Crippen molar-refractivity contribution < 1.29 is 18.7 Å². The molecule has 0 spiro atoms. The number of carbonyl (C=O) groups is 1. The van der Waals surface area contributed by atoms with Crippen molar-refractivity contribution in [3.05, 3.63) is 92.6 Å². The number of halogens is 3. The van der Waals surface area contributed by atoms with Crippen LogP contribution < -0.4 is 14.8 Å². The number of thioether (sulfide) groups is 1. The van der Waals surface area contributed by atoms with Crippen LogP contribution in [0.25, 0.3) is 6.08 Å². The van der Waals surface area contributed by atoms with Gasteiger partial charge in [-0.3, -0.25) is 4.79 Å². The molecule has 5 nitrogen and oxygen atoms in total. The number of para-hydroxylation sites is 1. The van der Waals surface area contributed by atoms with E-state index in [9.17, 15) is 9.18 Å². The van der Waals surface area contributed by atoms with Crippen molar-refractivity contribution in [2.24, 2.45) is 4.99 Å². The Morgan fingerprint density at radius 3 is 2.62 bits per heavy atom. The van der Waals surface area contributed by atoms with Gasteiger partial charge in [0.25, 0.3) is 5.91 Å². The summed E-state index contributed by atoms with van der Waals surface area (Å²) in [5.74, 6) is 0.332. The molecule has 1 aliphatic heterocycles. The third-order valence-corrected chi connectivity index (χ3v) is 6.32. The minimum absolute atomic E-state index is 0.161. The topological polar surface area (TPSA) is 59.9 Å². The van der Waals surface area contributed by atoms with Crippen molar-refractivity contribution >= 4 is 57.8 Å². The maximum absolute atomic E-state index is 13.9. The van der Waals surface area contributed by atoms with E-state index in [-0.39, 0.29) is 18.2 Å². The average Bonchev–Trinajstić information content (AvgIpc) is 3.16. The summed E-state index contributed by atoms with van der Waals surface area (Å²) in [6, 6.07) is 16.8. The second kappa shape index (κ2) is 11.0. The lowest BCUT2D eigenvalue weighted by molar-refractivity contribution is -0.115. The van der Waals surface area contributed by atoms with Crippen molar-refractivity contribution in [2.45, 2.75) is 13.5 Å². The largest absolute Gasteiger partial charge is 0.490 e. The molecule has 1 fully saturated rings. The molecule has 1 saturated heterocycles. The second-order valence-electron chi connectivity index (χ2n) is 7.11. The van der Waals surface area contributed by atoms with E-state index in [0.717, 1.165) is 22.9 Å². The fourth-order valence-corrected chi connectivity index (χ4v) is 4.23. The summed E-state index contributed by atoms with van der Waals surface area (Å²) in [5.41, 5.74) is 1.77. The van der Waals surface area contributed by atoms with Crippen LogP contribution in [0, 0.1) is 5.82 Å². The molecule has 0 unspecified atom stereocenters. The molecule has 174 valence electrons. The molecule has 1 aliphatic rings. The van der Waals surface area contributed by atoms with Crippen LogP contribution in [0.1, 0.15) is 18.1 Å². The summed E-state index contributed by atoms with van der Waals surface area (Å²) >= 11 is 13.2. The molecular weight excluding hydrogens is 498 g/mol. The van der Waals surface area contributed by atoms with Crippen molar-refractivity contribution in [3.8, 4) is 11.5 Å². The van der Waals surface area contributed by atoms with Gasteiger partial charge in [0.1, 0.15) is 18.1 Å². The molecule has 1 amide bonds. The van der Waals surface area contributed by atoms with E-state index < -0.39 is 5.82 Å². The average molecular weight is 517 g/mol. The standard InChI is InChI=1S/C25H19Cl2FN2O3S/c1-2-32-22-12-15(8-10-21(22)33-14-16-7-9-17(26)18(27)11-16)13-23-24(31)30-25(34-23)29-20-6-4-3-5-19(20)28/h3-13H,2,14H2,1H3,(H,29,30,31)/b23-13-. The highest BCUT2D eigenvalue weighted by atomic mass is 35.5. The normalized spacial score (nSPS) is 15.6. The number of hydrogen-bond donors (Lipinski definition) is 1. The highest BCUT2D eigenvalue weighted by Crippen LogP contribution is 2.33. The van der Waals surface area contributed by atoms with Crippen molar-refractivity contribution in [3.63, 3.8) is 0 Å². The van der Waals surface area contributed by atoms with Gasteiger partial charge in [-0.25, -0.2) is 9.38 Å². The van der Waals surface area contributed by atoms with Crippen LogP contribution >= 0.6 is 35.0 Å². The van der Waals surface area contributed by atoms with E-state index in [0.29, 0.717) is 38.2 Å². The summed E-state index contributed by atoms with van der Waals surface area (Å²) in [7, 11) is 0. The summed E-state index contributed by atoms with van der Waals surface area (Å²) in [6.45, 7) is 2.60. The minimum atomic E-state index is -0.458. The third-order valence-electron chi connectivity index (χ3n) is 4.67. The quantitative estimate of drug-likeness (QED) is 0.343. The lowest BCUT2D eigenvalue weighted by Crippen LogP contribution is -2.19. The van der Waals surface area contributed by atoms with E-state index in [1.807, 2.05) is 19.1 Å². The molecule has 1 N–H and O–H groups in total. The zero-order valence-electron chi connectivity index (χ0n) is 18.0. The van der Waals surface area contributed by atoms with Crippen molar-refractivity contribution in [1.29, 1.82) is 0 Å². The second-order valence-corrected chi connectivity index (χ2v) is 8.95. The van der Waals surface area contributed by atoms with Gasteiger partial charge in [0.15, 0.2) is 16.7 Å². The van der Waals surface area contributed by atoms with E-state index in [1.54, 1.807) is 48.5 Å². The van der Waals surface area contributed by atoms with Gasteiger partial charge in [0, 0.05) is 0 Å². The SMILES string of the molecule is CCOc1cc(/C=C2\SC(=Nc3ccccc3F)NC2=O)ccc1OCc1ccc(Cl)c(Cl)c1. The van der Waals surface area contributed by atoms with Gasteiger partial charge in [-0.15, -0.1) is 0 Å². The van der Waals surface area contributed by atoms with Crippen molar-refractivity contribution in [2.75, 3.05) is 6.61 Å². The van der Waals surface area contributed by atoms with Crippen LogP contribution in [-0.2, 0) is 11.4 Å². The molecule has 1 heterocycles. The predicted molar refractivity (Wildman–Crippen MR) is 136 cm³/mol. The molecule has 0 saturated carbocycles. The molecule has 3 aromatic carbocycles.